The van der Waals surface area contributed by atoms with Crippen LogP contribution in [0.4, 0.5) is 10.1 Å². The Bertz CT molecular complexity index is 848. The highest BCUT2D eigenvalue weighted by Gasteiger charge is 2.15. The van der Waals surface area contributed by atoms with Gasteiger partial charge in [0.05, 0.1) is 5.69 Å². The molecule has 0 amide bonds. The van der Waals surface area contributed by atoms with Gasteiger partial charge in [0.25, 0.3) is 0 Å². The number of halogens is 1. The standard InChI is InChI=1S/C18H14FN3S/c19-14-8-6-13(7-9-14)12-22-15(11-20)10-17(21)18(22)23-16-4-2-1-3-5-16/h1-10H,12,21H2. The molecule has 0 unspecified atom stereocenters. The molecule has 0 saturated carbocycles. The molecule has 3 aromatic rings. The summed E-state index contributed by atoms with van der Waals surface area (Å²) in [6, 6.07) is 19.9. The lowest BCUT2D eigenvalue weighted by Gasteiger charge is -2.11. The molecule has 2 N–H and O–H groups in total. The van der Waals surface area contributed by atoms with Crippen LogP contribution in [0.25, 0.3) is 0 Å². The quantitative estimate of drug-likeness (QED) is 0.779. The predicted octanol–water partition coefficient (Wildman–Crippen LogP) is 4.28. The highest BCUT2D eigenvalue weighted by atomic mass is 32.2. The Hall–Kier alpha value is -2.71. The molecular formula is C18H14FN3S. The van der Waals surface area contributed by atoms with Crippen molar-refractivity contribution in [3.8, 4) is 6.07 Å². The number of benzene rings is 2. The van der Waals surface area contributed by atoms with Crippen LogP contribution in [0.3, 0.4) is 0 Å². The van der Waals surface area contributed by atoms with Crippen molar-refractivity contribution in [1.82, 2.24) is 4.57 Å². The number of nitriles is 1. The lowest BCUT2D eigenvalue weighted by atomic mass is 10.2. The molecule has 0 bridgehead atoms. The van der Waals surface area contributed by atoms with Crippen LogP contribution in [-0.2, 0) is 6.54 Å². The van der Waals surface area contributed by atoms with E-state index in [2.05, 4.69) is 6.07 Å². The number of rotatable bonds is 4. The van der Waals surface area contributed by atoms with Crippen molar-refractivity contribution >= 4 is 17.4 Å². The molecule has 3 rings (SSSR count). The smallest absolute Gasteiger partial charge is 0.123 e. The molecule has 0 atom stereocenters. The zero-order chi connectivity index (χ0) is 16.2. The van der Waals surface area contributed by atoms with Crippen molar-refractivity contribution in [2.24, 2.45) is 0 Å². The second-order valence-corrected chi connectivity index (χ2v) is 6.09. The number of nitrogens with two attached hydrogens (primary N) is 1. The lowest BCUT2D eigenvalue weighted by molar-refractivity contribution is 0.625. The summed E-state index contributed by atoms with van der Waals surface area (Å²) < 4.78 is 14.9. The summed E-state index contributed by atoms with van der Waals surface area (Å²) in [5.74, 6) is -0.278. The SMILES string of the molecule is N#Cc1cc(N)c(Sc2ccccc2)n1Cc1ccc(F)cc1. The maximum Gasteiger partial charge on any atom is 0.123 e. The fourth-order valence-corrected chi connectivity index (χ4v) is 3.25. The van der Waals surface area contributed by atoms with Crippen LogP contribution in [0.15, 0.2) is 70.6 Å². The summed E-state index contributed by atoms with van der Waals surface area (Å²) in [5.41, 5.74) is 8.06. The van der Waals surface area contributed by atoms with Gasteiger partial charge >= 0.3 is 0 Å². The summed E-state index contributed by atoms with van der Waals surface area (Å²) in [6.07, 6.45) is 0. The van der Waals surface area contributed by atoms with Crippen LogP contribution in [0.5, 0.6) is 0 Å². The zero-order valence-corrected chi connectivity index (χ0v) is 13.1. The number of hydrogen-bond donors (Lipinski definition) is 1. The molecule has 23 heavy (non-hydrogen) atoms. The van der Waals surface area contributed by atoms with Gasteiger partial charge in [-0.2, -0.15) is 5.26 Å². The Morgan fingerprint density at radius 2 is 1.78 bits per heavy atom. The van der Waals surface area contributed by atoms with Crippen LogP contribution in [-0.4, -0.2) is 4.57 Å². The average molecular weight is 323 g/mol. The van der Waals surface area contributed by atoms with Gasteiger partial charge in [-0.1, -0.05) is 42.1 Å². The zero-order valence-electron chi connectivity index (χ0n) is 12.2. The first-order valence-electron chi connectivity index (χ1n) is 7.04. The van der Waals surface area contributed by atoms with Crippen molar-refractivity contribution in [1.29, 1.82) is 5.26 Å². The summed E-state index contributed by atoms with van der Waals surface area (Å²) in [7, 11) is 0. The summed E-state index contributed by atoms with van der Waals surface area (Å²) >= 11 is 1.51. The molecule has 5 heteroatoms. The molecule has 0 fully saturated rings. The van der Waals surface area contributed by atoms with Crippen molar-refractivity contribution in [3.63, 3.8) is 0 Å². The third-order valence-electron chi connectivity index (χ3n) is 3.40. The van der Waals surface area contributed by atoms with E-state index >= 15 is 0 Å². The van der Waals surface area contributed by atoms with E-state index in [1.165, 1.54) is 23.9 Å². The first kappa shape index (κ1) is 15.2. The fourth-order valence-electron chi connectivity index (χ4n) is 2.29. The molecule has 1 heterocycles. The van der Waals surface area contributed by atoms with Gasteiger partial charge in [-0.25, -0.2) is 4.39 Å². The van der Waals surface area contributed by atoms with E-state index in [1.807, 2.05) is 34.9 Å². The highest BCUT2D eigenvalue weighted by Crippen LogP contribution is 2.35. The molecule has 1 aromatic heterocycles. The molecule has 0 aliphatic carbocycles. The van der Waals surface area contributed by atoms with Gasteiger partial charge in [0.1, 0.15) is 22.6 Å². The molecule has 3 nitrogen and oxygen atoms in total. The van der Waals surface area contributed by atoms with E-state index in [4.69, 9.17) is 5.73 Å². The minimum Gasteiger partial charge on any atom is -0.397 e. The molecule has 0 spiro atoms. The largest absolute Gasteiger partial charge is 0.397 e. The molecular weight excluding hydrogens is 309 g/mol. The fraction of sp³-hybridized carbons (Fsp3) is 0.0556. The predicted molar refractivity (Wildman–Crippen MR) is 89.6 cm³/mol. The molecule has 2 aromatic carbocycles. The van der Waals surface area contributed by atoms with Gasteiger partial charge in [-0.05, 0) is 35.9 Å². The number of nitrogen functional groups attached to an aromatic ring is 1. The third kappa shape index (κ3) is 3.38. The van der Waals surface area contributed by atoms with E-state index in [1.54, 1.807) is 18.2 Å². The first-order valence-corrected chi connectivity index (χ1v) is 7.85. The normalized spacial score (nSPS) is 10.4. The van der Waals surface area contributed by atoms with Crippen LogP contribution in [0, 0.1) is 17.1 Å². The van der Waals surface area contributed by atoms with Crippen LogP contribution in [0.2, 0.25) is 0 Å². The molecule has 0 aliphatic rings. The number of anilines is 1. The second-order valence-electron chi connectivity index (χ2n) is 5.03. The molecule has 0 radical (unpaired) electrons. The van der Waals surface area contributed by atoms with Crippen molar-refractivity contribution < 1.29 is 4.39 Å². The van der Waals surface area contributed by atoms with Crippen LogP contribution < -0.4 is 5.73 Å². The number of aromatic nitrogens is 1. The van der Waals surface area contributed by atoms with Gasteiger partial charge in [-0.3, -0.25) is 0 Å². The molecule has 114 valence electrons. The van der Waals surface area contributed by atoms with Crippen molar-refractivity contribution in [2.75, 3.05) is 5.73 Å². The van der Waals surface area contributed by atoms with Gasteiger partial charge in [0.15, 0.2) is 0 Å². The van der Waals surface area contributed by atoms with Crippen LogP contribution >= 0.6 is 11.8 Å². The van der Waals surface area contributed by atoms with Crippen LogP contribution in [0.1, 0.15) is 11.3 Å². The summed E-state index contributed by atoms with van der Waals surface area (Å²) in [6.45, 7) is 0.468. The maximum absolute atomic E-state index is 13.1. The van der Waals surface area contributed by atoms with E-state index in [9.17, 15) is 9.65 Å². The number of hydrogen-bond acceptors (Lipinski definition) is 3. The summed E-state index contributed by atoms with van der Waals surface area (Å²) in [4.78, 5) is 1.04. The monoisotopic (exact) mass is 323 g/mol. The van der Waals surface area contributed by atoms with Gasteiger partial charge in [0.2, 0.25) is 0 Å². The molecule has 0 saturated heterocycles. The Labute approximate surface area is 138 Å². The van der Waals surface area contributed by atoms with E-state index < -0.39 is 0 Å². The van der Waals surface area contributed by atoms with E-state index in [0.29, 0.717) is 17.9 Å². The van der Waals surface area contributed by atoms with Gasteiger partial charge in [0, 0.05) is 11.4 Å². The summed E-state index contributed by atoms with van der Waals surface area (Å²) in [5, 5.41) is 10.2. The van der Waals surface area contributed by atoms with E-state index in [0.717, 1.165) is 15.5 Å². The minimum atomic E-state index is -0.278. The maximum atomic E-state index is 13.1. The Kier molecular flexibility index (Phi) is 4.35. The van der Waals surface area contributed by atoms with Crippen molar-refractivity contribution in [3.05, 3.63) is 77.7 Å². The Morgan fingerprint density at radius 1 is 1.09 bits per heavy atom. The second kappa shape index (κ2) is 6.59. The topological polar surface area (TPSA) is 54.7 Å². The van der Waals surface area contributed by atoms with E-state index in [-0.39, 0.29) is 5.82 Å². The van der Waals surface area contributed by atoms with Gasteiger partial charge in [-0.15, -0.1) is 0 Å². The first-order chi connectivity index (χ1) is 11.2. The average Bonchev–Trinajstić information content (AvgIpc) is 2.86. The lowest BCUT2D eigenvalue weighted by Crippen LogP contribution is -2.04. The van der Waals surface area contributed by atoms with Crippen molar-refractivity contribution in [2.45, 2.75) is 16.5 Å². The highest BCUT2D eigenvalue weighted by molar-refractivity contribution is 7.99. The number of nitrogens with zero attached hydrogens (tertiary/aromatic N) is 2. The van der Waals surface area contributed by atoms with Gasteiger partial charge < -0.3 is 10.3 Å². The Morgan fingerprint density at radius 3 is 2.43 bits per heavy atom. The Balaban J connectivity index is 1.97. The third-order valence-corrected chi connectivity index (χ3v) is 4.56. The minimum absolute atomic E-state index is 0.278. The molecule has 0 aliphatic heterocycles.